The van der Waals surface area contributed by atoms with Crippen LogP contribution in [-0.2, 0) is 6.54 Å². The maximum absolute atomic E-state index is 10.9. The Hall–Kier alpha value is -0.880. The van der Waals surface area contributed by atoms with Crippen LogP contribution in [0.15, 0.2) is 4.79 Å². The summed E-state index contributed by atoms with van der Waals surface area (Å²) in [5.74, 6) is 0. The first-order chi connectivity index (χ1) is 5.09. The number of aromatic nitrogens is 2. The van der Waals surface area contributed by atoms with Crippen molar-refractivity contribution in [3.05, 3.63) is 9.67 Å². The van der Waals surface area contributed by atoms with Gasteiger partial charge in [0.2, 0.25) is 5.13 Å². The smallest absolute Gasteiger partial charge is 0.326 e. The van der Waals surface area contributed by atoms with Crippen LogP contribution < -0.4 is 10.6 Å². The quantitative estimate of drug-likeness (QED) is 0.620. The molecule has 5 nitrogen and oxygen atoms in total. The lowest BCUT2D eigenvalue weighted by Crippen LogP contribution is -2.21. The molecule has 0 saturated carbocycles. The standard InChI is InChI=1S/C5H9N3O2S/c1-3(9)2-8-5(10)11-4(6)7-8/h3,9H,2H2,1H3,(H2,6,7). The van der Waals surface area contributed by atoms with E-state index in [0.717, 1.165) is 16.0 Å². The van der Waals surface area contributed by atoms with E-state index < -0.39 is 6.10 Å². The number of nitrogens with two attached hydrogens (primary N) is 1. The molecule has 1 atom stereocenters. The van der Waals surface area contributed by atoms with E-state index in [1.807, 2.05) is 0 Å². The fraction of sp³-hybridized carbons (Fsp3) is 0.600. The van der Waals surface area contributed by atoms with Crippen LogP contribution in [0.25, 0.3) is 0 Å². The Bertz CT molecular complexity index is 290. The highest BCUT2D eigenvalue weighted by Crippen LogP contribution is 1.98. The van der Waals surface area contributed by atoms with Crippen molar-refractivity contribution >= 4 is 16.5 Å². The number of rotatable bonds is 2. The van der Waals surface area contributed by atoms with Crippen LogP contribution >= 0.6 is 11.3 Å². The molecular formula is C5H9N3O2S. The third-order valence-corrected chi connectivity index (χ3v) is 1.74. The molecule has 0 radical (unpaired) electrons. The Balaban J connectivity index is 2.86. The number of aliphatic hydroxyl groups is 1. The Labute approximate surface area is 67.1 Å². The minimum Gasteiger partial charge on any atom is -0.391 e. The lowest BCUT2D eigenvalue weighted by Gasteiger charge is -2.00. The molecule has 0 fully saturated rings. The molecule has 1 aromatic heterocycles. The molecule has 3 N–H and O–H groups in total. The monoisotopic (exact) mass is 175 g/mol. The third kappa shape index (κ3) is 2.02. The molecule has 0 aliphatic heterocycles. The van der Waals surface area contributed by atoms with Crippen LogP contribution in [0.1, 0.15) is 6.92 Å². The van der Waals surface area contributed by atoms with Gasteiger partial charge in [0.15, 0.2) is 0 Å². The van der Waals surface area contributed by atoms with E-state index in [9.17, 15) is 4.79 Å². The molecule has 1 aromatic rings. The van der Waals surface area contributed by atoms with Crippen molar-refractivity contribution in [2.24, 2.45) is 0 Å². The van der Waals surface area contributed by atoms with Gasteiger partial charge in [-0.3, -0.25) is 4.79 Å². The van der Waals surface area contributed by atoms with Crippen molar-refractivity contribution in [1.82, 2.24) is 9.78 Å². The summed E-state index contributed by atoms with van der Waals surface area (Å²) in [4.78, 5) is 10.7. The number of anilines is 1. The lowest BCUT2D eigenvalue weighted by atomic mass is 10.4. The molecule has 11 heavy (non-hydrogen) atoms. The van der Waals surface area contributed by atoms with Crippen molar-refractivity contribution in [1.29, 1.82) is 0 Å². The molecule has 0 saturated heterocycles. The zero-order chi connectivity index (χ0) is 8.43. The fourth-order valence-electron chi connectivity index (χ4n) is 0.688. The van der Waals surface area contributed by atoms with E-state index in [-0.39, 0.29) is 16.5 Å². The van der Waals surface area contributed by atoms with E-state index >= 15 is 0 Å². The number of hydrogen-bond acceptors (Lipinski definition) is 5. The Kier molecular flexibility index (Phi) is 2.25. The van der Waals surface area contributed by atoms with E-state index in [1.165, 1.54) is 0 Å². The van der Waals surface area contributed by atoms with Gasteiger partial charge >= 0.3 is 4.87 Å². The van der Waals surface area contributed by atoms with E-state index in [2.05, 4.69) is 5.10 Å². The minimum absolute atomic E-state index is 0.201. The number of aliphatic hydroxyl groups excluding tert-OH is 1. The Morgan fingerprint density at radius 2 is 2.55 bits per heavy atom. The van der Waals surface area contributed by atoms with Gasteiger partial charge < -0.3 is 10.8 Å². The summed E-state index contributed by atoms with van der Waals surface area (Å²) >= 11 is 0.874. The van der Waals surface area contributed by atoms with Gasteiger partial charge in [-0.05, 0) is 18.3 Å². The molecule has 0 bridgehead atoms. The minimum atomic E-state index is -0.575. The summed E-state index contributed by atoms with van der Waals surface area (Å²) in [6.07, 6.45) is -0.575. The van der Waals surface area contributed by atoms with Crippen LogP contribution in [0.5, 0.6) is 0 Å². The van der Waals surface area contributed by atoms with Gasteiger partial charge in [0.05, 0.1) is 12.6 Å². The first kappa shape index (κ1) is 8.22. The maximum Gasteiger partial charge on any atom is 0.326 e. The van der Waals surface area contributed by atoms with Gasteiger partial charge in [-0.25, -0.2) is 4.68 Å². The second kappa shape index (κ2) is 3.02. The highest BCUT2D eigenvalue weighted by Gasteiger charge is 2.04. The van der Waals surface area contributed by atoms with Gasteiger partial charge in [-0.15, -0.1) is 5.10 Å². The van der Waals surface area contributed by atoms with Gasteiger partial charge in [-0.1, -0.05) is 0 Å². The van der Waals surface area contributed by atoms with Gasteiger partial charge in [0, 0.05) is 0 Å². The second-order valence-electron chi connectivity index (χ2n) is 2.24. The number of nitrogen functional groups attached to an aromatic ring is 1. The Morgan fingerprint density at radius 1 is 1.91 bits per heavy atom. The largest absolute Gasteiger partial charge is 0.391 e. The topological polar surface area (TPSA) is 81.1 Å². The molecule has 0 aliphatic carbocycles. The predicted molar refractivity (Wildman–Crippen MR) is 42.5 cm³/mol. The average molecular weight is 175 g/mol. The average Bonchev–Trinajstić information content (AvgIpc) is 2.09. The molecule has 6 heteroatoms. The molecule has 0 amide bonds. The van der Waals surface area contributed by atoms with E-state index in [1.54, 1.807) is 6.92 Å². The van der Waals surface area contributed by atoms with Crippen LogP contribution in [0.3, 0.4) is 0 Å². The highest BCUT2D eigenvalue weighted by molar-refractivity contribution is 7.12. The summed E-state index contributed by atoms with van der Waals surface area (Å²) in [5.41, 5.74) is 5.26. The van der Waals surface area contributed by atoms with Crippen molar-refractivity contribution < 1.29 is 5.11 Å². The molecule has 0 spiro atoms. The van der Waals surface area contributed by atoms with Crippen molar-refractivity contribution in [3.63, 3.8) is 0 Å². The second-order valence-corrected chi connectivity index (χ2v) is 3.21. The summed E-state index contributed by atoms with van der Waals surface area (Å²) < 4.78 is 1.16. The molecule has 0 aromatic carbocycles. The SMILES string of the molecule is CC(O)Cn1nc(N)sc1=O. The van der Waals surface area contributed by atoms with Crippen LogP contribution in [0, 0.1) is 0 Å². The molecule has 1 unspecified atom stereocenters. The summed E-state index contributed by atoms with van der Waals surface area (Å²) in [6.45, 7) is 1.79. The summed E-state index contributed by atoms with van der Waals surface area (Å²) in [7, 11) is 0. The van der Waals surface area contributed by atoms with Crippen molar-refractivity contribution in [2.45, 2.75) is 19.6 Å². The zero-order valence-electron chi connectivity index (χ0n) is 6.02. The number of hydrogen-bond donors (Lipinski definition) is 2. The maximum atomic E-state index is 10.9. The summed E-state index contributed by atoms with van der Waals surface area (Å²) in [5, 5.41) is 12.8. The molecular weight excluding hydrogens is 166 g/mol. The van der Waals surface area contributed by atoms with Gasteiger partial charge in [0.1, 0.15) is 0 Å². The van der Waals surface area contributed by atoms with Gasteiger partial charge in [0.25, 0.3) is 0 Å². The first-order valence-corrected chi connectivity index (χ1v) is 3.92. The number of nitrogens with zero attached hydrogens (tertiary/aromatic N) is 2. The van der Waals surface area contributed by atoms with Crippen molar-refractivity contribution in [3.8, 4) is 0 Å². The third-order valence-electron chi connectivity index (χ3n) is 1.06. The fourth-order valence-corrected chi connectivity index (χ4v) is 1.23. The Morgan fingerprint density at radius 3 is 2.91 bits per heavy atom. The first-order valence-electron chi connectivity index (χ1n) is 3.11. The van der Waals surface area contributed by atoms with Crippen LogP contribution in [0.4, 0.5) is 5.13 Å². The van der Waals surface area contributed by atoms with E-state index in [0.29, 0.717) is 0 Å². The summed E-state index contributed by atoms with van der Waals surface area (Å²) in [6, 6.07) is 0. The normalized spacial score (nSPS) is 13.3. The van der Waals surface area contributed by atoms with Gasteiger partial charge in [-0.2, -0.15) is 0 Å². The molecule has 0 aliphatic rings. The highest BCUT2D eigenvalue weighted by atomic mass is 32.1. The van der Waals surface area contributed by atoms with Crippen molar-refractivity contribution in [2.75, 3.05) is 5.73 Å². The molecule has 1 rings (SSSR count). The van der Waals surface area contributed by atoms with E-state index in [4.69, 9.17) is 10.8 Å². The molecule has 1 heterocycles. The predicted octanol–water partition coefficient (Wildman–Crippen LogP) is -0.732. The zero-order valence-corrected chi connectivity index (χ0v) is 6.84. The van der Waals surface area contributed by atoms with Crippen LogP contribution in [0.2, 0.25) is 0 Å². The lowest BCUT2D eigenvalue weighted by molar-refractivity contribution is 0.167. The molecule has 62 valence electrons. The van der Waals surface area contributed by atoms with Crippen LogP contribution in [-0.4, -0.2) is 21.0 Å².